The van der Waals surface area contributed by atoms with Gasteiger partial charge >= 0.3 is 6.18 Å². The fraction of sp³-hybridized carbons (Fsp3) is 0.417. The molecule has 0 amide bonds. The van der Waals surface area contributed by atoms with Crippen molar-refractivity contribution in [2.24, 2.45) is 0 Å². The number of aromatic nitrogens is 2. The van der Waals surface area contributed by atoms with Crippen LogP contribution in [-0.4, -0.2) is 47.6 Å². The number of hydrogen-bond donors (Lipinski definition) is 3. The molecule has 0 radical (unpaired) electrons. The molecular weight excluding hydrogens is 547 g/mol. The molecule has 0 fully saturated rings. The lowest BCUT2D eigenvalue weighted by atomic mass is 10.2. The van der Waals surface area contributed by atoms with Crippen molar-refractivity contribution in [3.63, 3.8) is 0 Å². The van der Waals surface area contributed by atoms with Crippen LogP contribution in [0.15, 0.2) is 30.6 Å². The van der Waals surface area contributed by atoms with Crippen molar-refractivity contribution >= 4 is 42.1 Å². The summed E-state index contributed by atoms with van der Waals surface area (Å²) in [5.41, 5.74) is -1.20. The van der Waals surface area contributed by atoms with Gasteiger partial charge in [-0.15, -0.1) is 0 Å². The standard InChI is InChI=1S/C24H29F5N4O3SSi/c1-38(2,3)10-9-35-14-33-13-16(24(27,28)29)20-19(5-7-30-22(20)33)36-21-17(25)11-15(12-18(21)26)32-23(37)31-6-4-8-34/h5,7,11-13,34H,4,6,8-10,14H2,1-3H3,(H2,31,32,37). The van der Waals surface area contributed by atoms with Crippen molar-refractivity contribution in [2.45, 2.75) is 45.0 Å². The van der Waals surface area contributed by atoms with Gasteiger partial charge in [0.1, 0.15) is 18.1 Å². The summed E-state index contributed by atoms with van der Waals surface area (Å²) >= 11 is 5.03. The predicted octanol–water partition coefficient (Wildman–Crippen LogP) is 6.11. The number of fused-ring (bicyclic) bond motifs is 1. The molecule has 7 nitrogen and oxygen atoms in total. The summed E-state index contributed by atoms with van der Waals surface area (Å²) in [4.78, 5) is 4.04. The molecule has 0 unspecified atom stereocenters. The molecular formula is C24H29F5N4O3SSi. The fourth-order valence-electron chi connectivity index (χ4n) is 3.42. The zero-order valence-corrected chi connectivity index (χ0v) is 22.9. The van der Waals surface area contributed by atoms with E-state index in [0.29, 0.717) is 19.6 Å². The van der Waals surface area contributed by atoms with Gasteiger partial charge in [0.25, 0.3) is 0 Å². The Labute approximate surface area is 223 Å². The highest BCUT2D eigenvalue weighted by molar-refractivity contribution is 7.80. The Morgan fingerprint density at radius 2 is 1.87 bits per heavy atom. The van der Waals surface area contributed by atoms with Crippen LogP contribution in [0.3, 0.4) is 0 Å². The molecule has 3 aromatic rings. The van der Waals surface area contributed by atoms with Crippen LogP contribution in [0.1, 0.15) is 12.0 Å². The molecule has 0 spiro atoms. The number of alkyl halides is 3. The van der Waals surface area contributed by atoms with Crippen LogP contribution >= 0.6 is 12.2 Å². The Hall–Kier alpha value is -2.81. The van der Waals surface area contributed by atoms with Gasteiger partial charge in [0.05, 0.1) is 10.9 Å². The van der Waals surface area contributed by atoms with Gasteiger partial charge in [-0.2, -0.15) is 13.2 Å². The highest BCUT2D eigenvalue weighted by Gasteiger charge is 2.37. The van der Waals surface area contributed by atoms with E-state index in [1.807, 2.05) is 0 Å². The van der Waals surface area contributed by atoms with Gasteiger partial charge in [0.15, 0.2) is 22.5 Å². The van der Waals surface area contributed by atoms with Crippen LogP contribution in [-0.2, 0) is 17.6 Å². The molecule has 38 heavy (non-hydrogen) atoms. The summed E-state index contributed by atoms with van der Waals surface area (Å²) in [5.74, 6) is -3.60. The first-order chi connectivity index (χ1) is 17.8. The number of anilines is 1. The van der Waals surface area contributed by atoms with Crippen LogP contribution < -0.4 is 15.4 Å². The monoisotopic (exact) mass is 576 g/mol. The third-order valence-electron chi connectivity index (χ3n) is 5.34. The van der Waals surface area contributed by atoms with Crippen LogP contribution in [0, 0.1) is 11.6 Å². The maximum atomic E-state index is 14.8. The minimum atomic E-state index is -4.79. The van der Waals surface area contributed by atoms with Crippen molar-refractivity contribution in [3.8, 4) is 11.5 Å². The number of benzene rings is 1. The van der Waals surface area contributed by atoms with Gasteiger partial charge in [-0.1, -0.05) is 19.6 Å². The van der Waals surface area contributed by atoms with Gasteiger partial charge in [-0.25, -0.2) is 13.8 Å². The topological polar surface area (TPSA) is 80.6 Å². The van der Waals surface area contributed by atoms with E-state index in [4.69, 9.17) is 26.8 Å². The largest absolute Gasteiger partial charge is 0.450 e. The van der Waals surface area contributed by atoms with Crippen molar-refractivity contribution in [1.82, 2.24) is 14.9 Å². The first-order valence-corrected chi connectivity index (χ1v) is 15.9. The molecule has 1 aromatic carbocycles. The minimum Gasteiger partial charge on any atom is -0.450 e. The molecule has 0 atom stereocenters. The maximum Gasteiger partial charge on any atom is 0.418 e. The average Bonchev–Trinajstić information content (AvgIpc) is 3.19. The van der Waals surface area contributed by atoms with Crippen molar-refractivity contribution < 1.29 is 36.5 Å². The third kappa shape index (κ3) is 7.85. The number of nitrogens with one attached hydrogen (secondary N) is 2. The number of pyridine rings is 1. The van der Waals surface area contributed by atoms with Gasteiger partial charge < -0.3 is 29.8 Å². The van der Waals surface area contributed by atoms with E-state index >= 15 is 0 Å². The van der Waals surface area contributed by atoms with E-state index in [2.05, 4.69) is 35.3 Å². The number of thiocarbonyl (C=S) groups is 1. The Morgan fingerprint density at radius 3 is 2.47 bits per heavy atom. The second-order valence-electron chi connectivity index (χ2n) is 9.70. The molecule has 3 N–H and O–H groups in total. The number of rotatable bonds is 11. The second-order valence-corrected chi connectivity index (χ2v) is 15.7. The predicted molar refractivity (Wildman–Crippen MR) is 141 cm³/mol. The Morgan fingerprint density at radius 1 is 1.18 bits per heavy atom. The lowest BCUT2D eigenvalue weighted by Gasteiger charge is -2.15. The van der Waals surface area contributed by atoms with Gasteiger partial charge in [0, 0.05) is 58.0 Å². The molecule has 0 bridgehead atoms. The molecule has 0 saturated carbocycles. The summed E-state index contributed by atoms with van der Waals surface area (Å²) in [7, 11) is -1.40. The lowest BCUT2D eigenvalue weighted by molar-refractivity contribution is -0.136. The Kier molecular flexibility index (Phi) is 9.68. The normalized spacial score (nSPS) is 12.1. The number of halogens is 5. The molecule has 3 rings (SSSR count). The van der Waals surface area contributed by atoms with E-state index in [1.54, 1.807) is 0 Å². The van der Waals surface area contributed by atoms with Crippen LogP contribution in [0.2, 0.25) is 25.7 Å². The van der Waals surface area contributed by atoms with Crippen molar-refractivity contribution in [2.75, 3.05) is 25.1 Å². The molecule has 0 aliphatic rings. The summed E-state index contributed by atoms with van der Waals surface area (Å²) in [6.07, 6.45) is -2.32. The van der Waals surface area contributed by atoms with E-state index in [1.165, 1.54) is 10.8 Å². The second kappa shape index (κ2) is 12.4. The van der Waals surface area contributed by atoms with E-state index in [-0.39, 0.29) is 29.8 Å². The van der Waals surface area contributed by atoms with Crippen LogP contribution in [0.25, 0.3) is 11.0 Å². The van der Waals surface area contributed by atoms with Crippen LogP contribution in [0.4, 0.5) is 27.6 Å². The molecule has 2 heterocycles. The number of nitrogens with zero attached hydrogens (tertiary/aromatic N) is 2. The van der Waals surface area contributed by atoms with Gasteiger partial charge in [0.2, 0.25) is 0 Å². The van der Waals surface area contributed by atoms with E-state index in [9.17, 15) is 22.0 Å². The Bertz CT molecular complexity index is 1260. The Balaban J connectivity index is 1.89. The molecule has 0 aliphatic heterocycles. The quantitative estimate of drug-likeness (QED) is 0.110. The smallest absolute Gasteiger partial charge is 0.418 e. The number of ether oxygens (including phenoxy) is 2. The SMILES string of the molecule is C[Si](C)(C)CCOCn1cc(C(F)(F)F)c2c(Oc3c(F)cc(NC(=S)NCCCO)cc3F)ccnc21. The summed E-state index contributed by atoms with van der Waals surface area (Å²) in [6, 6.07) is 3.74. The first-order valence-electron chi connectivity index (χ1n) is 11.8. The van der Waals surface area contributed by atoms with Crippen LogP contribution in [0.5, 0.6) is 11.5 Å². The van der Waals surface area contributed by atoms with E-state index < -0.39 is 48.3 Å². The minimum absolute atomic E-state index is 0.0358. The van der Waals surface area contributed by atoms with Gasteiger partial charge in [-0.3, -0.25) is 0 Å². The number of aliphatic hydroxyl groups is 1. The fourth-order valence-corrected chi connectivity index (χ4v) is 4.40. The zero-order valence-electron chi connectivity index (χ0n) is 21.1. The van der Waals surface area contributed by atoms with Crippen molar-refractivity contribution in [1.29, 1.82) is 0 Å². The first kappa shape index (κ1) is 29.7. The molecule has 0 aliphatic carbocycles. The zero-order chi connectivity index (χ0) is 28.1. The van der Waals surface area contributed by atoms with Crippen molar-refractivity contribution in [3.05, 3.63) is 47.8 Å². The average molecular weight is 577 g/mol. The lowest BCUT2D eigenvalue weighted by Crippen LogP contribution is -2.29. The van der Waals surface area contributed by atoms with Gasteiger partial charge in [-0.05, 0) is 30.7 Å². The highest BCUT2D eigenvalue weighted by Crippen LogP contribution is 2.42. The third-order valence-corrected chi connectivity index (χ3v) is 7.29. The summed E-state index contributed by atoms with van der Waals surface area (Å²) in [6.45, 7) is 6.95. The molecule has 0 saturated heterocycles. The number of aliphatic hydroxyl groups excluding tert-OH is 1. The molecule has 208 valence electrons. The maximum absolute atomic E-state index is 14.8. The summed E-state index contributed by atoms with van der Waals surface area (Å²) < 4.78 is 83.6. The molecule has 2 aromatic heterocycles. The molecule has 14 heteroatoms. The van der Waals surface area contributed by atoms with E-state index in [0.717, 1.165) is 30.4 Å². The number of hydrogen-bond acceptors (Lipinski definition) is 5. The highest BCUT2D eigenvalue weighted by atomic mass is 32.1. The summed E-state index contributed by atoms with van der Waals surface area (Å²) in [5, 5.41) is 13.8.